The fraction of sp³-hybridized carbons (Fsp3) is 0.467. The minimum absolute atomic E-state index is 0.0150. The summed E-state index contributed by atoms with van der Waals surface area (Å²) in [4.78, 5) is 0. The van der Waals surface area contributed by atoms with Crippen LogP contribution in [0.4, 0.5) is 4.39 Å². The van der Waals surface area contributed by atoms with Crippen LogP contribution in [0.5, 0.6) is 0 Å². The van der Waals surface area contributed by atoms with Gasteiger partial charge in [0.05, 0.1) is 17.2 Å². The Morgan fingerprint density at radius 1 is 1.39 bits per heavy atom. The van der Waals surface area contributed by atoms with Crippen molar-refractivity contribution in [2.45, 2.75) is 44.9 Å². The summed E-state index contributed by atoms with van der Waals surface area (Å²) in [6, 6.07) is 7.05. The number of nitrogens with zero attached hydrogens (tertiary/aromatic N) is 1. The zero-order valence-electron chi connectivity index (χ0n) is 10.8. The Morgan fingerprint density at radius 3 is 2.94 bits per heavy atom. The number of ether oxygens (including phenoxy) is 1. The Morgan fingerprint density at radius 2 is 2.22 bits per heavy atom. The highest BCUT2D eigenvalue weighted by atomic mass is 19.1. The van der Waals surface area contributed by atoms with Crippen LogP contribution in [0, 0.1) is 5.82 Å². The Balaban J connectivity index is 1.86. The van der Waals surface area contributed by atoms with E-state index in [2.05, 4.69) is 18.4 Å². The first-order valence-corrected chi connectivity index (χ1v) is 6.46. The van der Waals surface area contributed by atoms with E-state index in [0.29, 0.717) is 5.39 Å². The van der Waals surface area contributed by atoms with Crippen LogP contribution in [0.3, 0.4) is 0 Å². The molecule has 0 radical (unpaired) electrons. The van der Waals surface area contributed by atoms with Gasteiger partial charge in [-0.15, -0.1) is 0 Å². The molecule has 1 aromatic carbocycles. The molecule has 18 heavy (non-hydrogen) atoms. The summed E-state index contributed by atoms with van der Waals surface area (Å²) in [7, 11) is 0. The van der Waals surface area contributed by atoms with Crippen LogP contribution in [0.2, 0.25) is 0 Å². The Hall–Kier alpha value is -1.35. The molecule has 2 nitrogen and oxygen atoms in total. The lowest BCUT2D eigenvalue weighted by molar-refractivity contribution is -0.0212. The molecule has 3 heteroatoms. The van der Waals surface area contributed by atoms with Gasteiger partial charge in [0.2, 0.25) is 0 Å². The number of hydrogen-bond donors (Lipinski definition) is 0. The summed E-state index contributed by atoms with van der Waals surface area (Å²) in [6.45, 7) is 5.05. The Kier molecular flexibility index (Phi) is 2.67. The van der Waals surface area contributed by atoms with Crippen LogP contribution in [0.25, 0.3) is 10.9 Å². The summed E-state index contributed by atoms with van der Waals surface area (Å²) in [5.41, 5.74) is 0.932. The van der Waals surface area contributed by atoms with Gasteiger partial charge in [0.15, 0.2) is 0 Å². The third-order valence-electron chi connectivity index (χ3n) is 3.71. The highest BCUT2D eigenvalue weighted by molar-refractivity contribution is 5.80. The molecule has 1 aliphatic rings. The molecule has 3 rings (SSSR count). The fourth-order valence-corrected chi connectivity index (χ4v) is 2.77. The van der Waals surface area contributed by atoms with E-state index in [9.17, 15) is 4.39 Å². The van der Waals surface area contributed by atoms with E-state index in [0.717, 1.165) is 24.9 Å². The Labute approximate surface area is 106 Å². The van der Waals surface area contributed by atoms with Gasteiger partial charge in [0, 0.05) is 18.1 Å². The monoisotopic (exact) mass is 247 g/mol. The predicted molar refractivity (Wildman–Crippen MR) is 70.1 cm³/mol. The SMILES string of the molecule is CC1(C)CCC(Cn2ccc3c(F)cccc32)O1. The van der Waals surface area contributed by atoms with Crippen molar-refractivity contribution in [3.63, 3.8) is 0 Å². The normalized spacial score (nSPS) is 22.7. The predicted octanol–water partition coefficient (Wildman–Crippen LogP) is 3.74. The first-order valence-electron chi connectivity index (χ1n) is 6.46. The van der Waals surface area contributed by atoms with Crippen molar-refractivity contribution in [1.29, 1.82) is 0 Å². The van der Waals surface area contributed by atoms with E-state index in [1.807, 2.05) is 18.3 Å². The molecular weight excluding hydrogens is 229 g/mol. The summed E-state index contributed by atoms with van der Waals surface area (Å²) >= 11 is 0. The molecule has 0 aliphatic carbocycles. The van der Waals surface area contributed by atoms with Gasteiger partial charge in [0.25, 0.3) is 0 Å². The molecule has 1 aromatic heterocycles. The maximum absolute atomic E-state index is 13.6. The highest BCUT2D eigenvalue weighted by Gasteiger charge is 2.31. The molecule has 0 bridgehead atoms. The smallest absolute Gasteiger partial charge is 0.132 e. The molecule has 96 valence electrons. The molecule has 1 aliphatic heterocycles. The van der Waals surface area contributed by atoms with Gasteiger partial charge in [0.1, 0.15) is 5.82 Å². The summed E-state index contributed by atoms with van der Waals surface area (Å²) in [5, 5.41) is 0.690. The lowest BCUT2D eigenvalue weighted by Gasteiger charge is -2.19. The van der Waals surface area contributed by atoms with Gasteiger partial charge >= 0.3 is 0 Å². The molecule has 1 saturated heterocycles. The van der Waals surface area contributed by atoms with Crippen molar-refractivity contribution < 1.29 is 9.13 Å². The van der Waals surface area contributed by atoms with Crippen LogP contribution in [-0.2, 0) is 11.3 Å². The lowest BCUT2D eigenvalue weighted by atomic mass is 10.1. The first kappa shape index (κ1) is 11.7. The maximum Gasteiger partial charge on any atom is 0.132 e. The fourth-order valence-electron chi connectivity index (χ4n) is 2.77. The quantitative estimate of drug-likeness (QED) is 0.788. The highest BCUT2D eigenvalue weighted by Crippen LogP contribution is 2.31. The van der Waals surface area contributed by atoms with Crippen molar-refractivity contribution >= 4 is 10.9 Å². The van der Waals surface area contributed by atoms with E-state index in [4.69, 9.17) is 4.74 Å². The van der Waals surface area contributed by atoms with Crippen LogP contribution in [0.1, 0.15) is 26.7 Å². The third-order valence-corrected chi connectivity index (χ3v) is 3.71. The number of fused-ring (bicyclic) bond motifs is 1. The molecule has 0 amide bonds. The molecule has 1 unspecified atom stereocenters. The summed E-state index contributed by atoms with van der Waals surface area (Å²) in [5.74, 6) is -0.154. The minimum Gasteiger partial charge on any atom is -0.370 e. The number of benzene rings is 1. The van der Waals surface area contributed by atoms with E-state index < -0.39 is 0 Å². The zero-order chi connectivity index (χ0) is 12.8. The molecule has 2 aromatic rings. The standard InChI is InChI=1S/C15H18FNO/c1-15(2)8-6-11(18-15)10-17-9-7-12-13(16)4-3-5-14(12)17/h3-5,7,9,11H,6,8,10H2,1-2H3. The molecule has 1 fully saturated rings. The number of hydrogen-bond acceptors (Lipinski definition) is 1. The lowest BCUT2D eigenvalue weighted by Crippen LogP contribution is -2.22. The van der Waals surface area contributed by atoms with Crippen molar-refractivity contribution in [2.75, 3.05) is 0 Å². The molecule has 1 atom stereocenters. The van der Waals surface area contributed by atoms with Gasteiger partial charge in [-0.25, -0.2) is 4.39 Å². The molecule has 0 spiro atoms. The van der Waals surface area contributed by atoms with Crippen molar-refractivity contribution in [2.24, 2.45) is 0 Å². The number of halogens is 1. The molecule has 0 saturated carbocycles. The largest absolute Gasteiger partial charge is 0.370 e. The summed E-state index contributed by atoms with van der Waals surface area (Å²) in [6.07, 6.45) is 4.34. The third kappa shape index (κ3) is 2.03. The van der Waals surface area contributed by atoms with Crippen LogP contribution in [-0.4, -0.2) is 16.3 Å². The Bertz CT molecular complexity index is 573. The van der Waals surface area contributed by atoms with Crippen molar-refractivity contribution in [3.05, 3.63) is 36.3 Å². The zero-order valence-corrected chi connectivity index (χ0v) is 10.8. The van der Waals surface area contributed by atoms with E-state index in [-0.39, 0.29) is 17.5 Å². The number of aromatic nitrogens is 1. The summed E-state index contributed by atoms with van der Waals surface area (Å²) < 4.78 is 21.7. The average Bonchev–Trinajstić information content (AvgIpc) is 2.85. The van der Waals surface area contributed by atoms with Gasteiger partial charge in [-0.05, 0) is 44.9 Å². The van der Waals surface area contributed by atoms with Gasteiger partial charge < -0.3 is 9.30 Å². The van der Waals surface area contributed by atoms with Gasteiger partial charge in [-0.2, -0.15) is 0 Å². The second-order valence-electron chi connectivity index (χ2n) is 5.68. The molecule has 0 N–H and O–H groups in total. The van der Waals surface area contributed by atoms with Crippen LogP contribution < -0.4 is 0 Å². The topological polar surface area (TPSA) is 14.2 Å². The van der Waals surface area contributed by atoms with Gasteiger partial charge in [-0.3, -0.25) is 0 Å². The minimum atomic E-state index is -0.154. The maximum atomic E-state index is 13.6. The molecular formula is C15H18FNO. The van der Waals surface area contributed by atoms with Crippen LogP contribution >= 0.6 is 0 Å². The second kappa shape index (κ2) is 4.09. The van der Waals surface area contributed by atoms with E-state index >= 15 is 0 Å². The van der Waals surface area contributed by atoms with E-state index in [1.165, 1.54) is 6.07 Å². The van der Waals surface area contributed by atoms with Crippen molar-refractivity contribution in [1.82, 2.24) is 4.57 Å². The van der Waals surface area contributed by atoms with Gasteiger partial charge in [-0.1, -0.05) is 6.07 Å². The van der Waals surface area contributed by atoms with E-state index in [1.54, 1.807) is 6.07 Å². The first-order chi connectivity index (χ1) is 8.55. The molecule has 2 heterocycles. The second-order valence-corrected chi connectivity index (χ2v) is 5.68. The average molecular weight is 247 g/mol. The number of rotatable bonds is 2. The van der Waals surface area contributed by atoms with Crippen LogP contribution in [0.15, 0.2) is 30.5 Å². The van der Waals surface area contributed by atoms with Crippen molar-refractivity contribution in [3.8, 4) is 0 Å².